The van der Waals surface area contributed by atoms with E-state index in [9.17, 15) is 0 Å². The molecular formula is C7H13NO2. The Balaban J connectivity index is 2.03. The third kappa shape index (κ3) is 0.944. The molecule has 10 heavy (non-hydrogen) atoms. The topological polar surface area (TPSA) is 21.7 Å². The summed E-state index contributed by atoms with van der Waals surface area (Å²) < 4.78 is 10.8. The van der Waals surface area contributed by atoms with Crippen molar-refractivity contribution in [2.75, 3.05) is 33.4 Å². The lowest BCUT2D eigenvalue weighted by Gasteiger charge is -2.32. The van der Waals surface area contributed by atoms with E-state index in [-0.39, 0.29) is 0 Å². The Bertz CT molecular complexity index is 129. The Hall–Kier alpha value is -0.120. The molecule has 0 aromatic carbocycles. The molecule has 0 amide bonds. The maximum atomic E-state index is 5.51. The molecule has 0 bridgehead atoms. The minimum atomic E-state index is 0.346. The predicted octanol–water partition coefficient (Wildman–Crippen LogP) is -0.284. The van der Waals surface area contributed by atoms with E-state index in [1.165, 1.54) is 0 Å². The second-order valence-corrected chi connectivity index (χ2v) is 2.99. The van der Waals surface area contributed by atoms with Gasteiger partial charge in [-0.3, -0.25) is 4.90 Å². The minimum Gasteiger partial charge on any atom is -0.377 e. The summed E-state index contributed by atoms with van der Waals surface area (Å²) in [5, 5.41) is 0. The number of hydrogen-bond acceptors (Lipinski definition) is 3. The van der Waals surface area contributed by atoms with Crippen molar-refractivity contribution >= 4 is 0 Å². The molecule has 2 heterocycles. The zero-order chi connectivity index (χ0) is 6.97. The van der Waals surface area contributed by atoms with Gasteiger partial charge in [0, 0.05) is 6.54 Å². The number of hydrogen-bond donors (Lipinski definition) is 0. The van der Waals surface area contributed by atoms with Gasteiger partial charge in [-0.2, -0.15) is 0 Å². The average molecular weight is 143 g/mol. The molecule has 2 atom stereocenters. The van der Waals surface area contributed by atoms with Crippen LogP contribution in [0.5, 0.6) is 0 Å². The summed E-state index contributed by atoms with van der Waals surface area (Å²) in [5.74, 6) is 0. The fraction of sp³-hybridized carbons (Fsp3) is 1.00. The van der Waals surface area contributed by atoms with Gasteiger partial charge in [0.05, 0.1) is 32.0 Å². The third-order valence-corrected chi connectivity index (χ3v) is 2.34. The average Bonchev–Trinajstić information content (AvgIpc) is 2.36. The Labute approximate surface area is 60.9 Å². The number of likely N-dealkylation sites (N-methyl/N-ethyl adjacent to an activating group) is 1. The highest BCUT2D eigenvalue weighted by molar-refractivity contribution is 4.85. The standard InChI is InChI=1S/C7H13NO2/c1-8-2-3-10-7-5-9-4-6(7)8/h6-7H,2-5H2,1H3. The highest BCUT2D eigenvalue weighted by atomic mass is 16.6. The van der Waals surface area contributed by atoms with Gasteiger partial charge in [-0.05, 0) is 7.05 Å². The molecule has 3 nitrogen and oxygen atoms in total. The first kappa shape index (κ1) is 6.58. The first-order valence-electron chi connectivity index (χ1n) is 3.77. The zero-order valence-electron chi connectivity index (χ0n) is 6.25. The summed E-state index contributed by atoms with van der Waals surface area (Å²) >= 11 is 0. The monoisotopic (exact) mass is 143 g/mol. The third-order valence-electron chi connectivity index (χ3n) is 2.34. The first-order chi connectivity index (χ1) is 4.88. The molecule has 0 spiro atoms. The molecule has 0 aromatic heterocycles. The minimum absolute atomic E-state index is 0.346. The molecule has 0 saturated carbocycles. The molecule has 3 heteroatoms. The summed E-state index contributed by atoms with van der Waals surface area (Å²) in [4.78, 5) is 2.32. The van der Waals surface area contributed by atoms with Crippen LogP contribution in [-0.4, -0.2) is 50.5 Å². The van der Waals surface area contributed by atoms with Crippen molar-refractivity contribution < 1.29 is 9.47 Å². The van der Waals surface area contributed by atoms with Gasteiger partial charge in [-0.15, -0.1) is 0 Å². The molecule has 0 aromatic rings. The zero-order valence-corrected chi connectivity index (χ0v) is 6.25. The maximum Gasteiger partial charge on any atom is 0.0986 e. The molecule has 2 aliphatic rings. The van der Waals surface area contributed by atoms with E-state index in [0.29, 0.717) is 12.1 Å². The van der Waals surface area contributed by atoms with Crippen molar-refractivity contribution in [3.63, 3.8) is 0 Å². The van der Waals surface area contributed by atoms with E-state index in [4.69, 9.17) is 9.47 Å². The number of morpholine rings is 1. The molecular weight excluding hydrogens is 130 g/mol. The van der Waals surface area contributed by atoms with Gasteiger partial charge < -0.3 is 9.47 Å². The summed E-state index contributed by atoms with van der Waals surface area (Å²) in [6.45, 7) is 3.54. The summed E-state index contributed by atoms with van der Waals surface area (Å²) in [6, 6.07) is 0.522. The van der Waals surface area contributed by atoms with Crippen LogP contribution in [0.1, 0.15) is 0 Å². The molecule has 58 valence electrons. The van der Waals surface area contributed by atoms with Crippen molar-refractivity contribution in [1.82, 2.24) is 4.90 Å². The van der Waals surface area contributed by atoms with Gasteiger partial charge in [0.2, 0.25) is 0 Å². The number of nitrogens with zero attached hydrogens (tertiary/aromatic N) is 1. The van der Waals surface area contributed by atoms with E-state index in [1.54, 1.807) is 0 Å². The molecule has 2 saturated heterocycles. The Kier molecular flexibility index (Phi) is 1.64. The number of ether oxygens (including phenoxy) is 2. The largest absolute Gasteiger partial charge is 0.377 e. The van der Waals surface area contributed by atoms with Crippen LogP contribution < -0.4 is 0 Å². The van der Waals surface area contributed by atoms with Crippen LogP contribution in [0, 0.1) is 0 Å². The lowest BCUT2D eigenvalue weighted by Crippen LogP contribution is -2.48. The van der Waals surface area contributed by atoms with Crippen molar-refractivity contribution in [3.05, 3.63) is 0 Å². The molecule has 2 unspecified atom stereocenters. The van der Waals surface area contributed by atoms with E-state index in [2.05, 4.69) is 11.9 Å². The Morgan fingerprint density at radius 3 is 3.10 bits per heavy atom. The quantitative estimate of drug-likeness (QED) is 0.465. The van der Waals surface area contributed by atoms with E-state index in [0.717, 1.165) is 26.4 Å². The first-order valence-corrected chi connectivity index (χ1v) is 3.77. The van der Waals surface area contributed by atoms with Gasteiger partial charge in [0.15, 0.2) is 0 Å². The van der Waals surface area contributed by atoms with Gasteiger partial charge in [-0.1, -0.05) is 0 Å². The van der Waals surface area contributed by atoms with Crippen LogP contribution >= 0.6 is 0 Å². The Morgan fingerprint density at radius 1 is 1.40 bits per heavy atom. The van der Waals surface area contributed by atoms with E-state index < -0.39 is 0 Å². The van der Waals surface area contributed by atoms with Crippen molar-refractivity contribution in [1.29, 1.82) is 0 Å². The summed E-state index contributed by atoms with van der Waals surface area (Å²) in [6.07, 6.45) is 0.346. The second-order valence-electron chi connectivity index (χ2n) is 2.99. The van der Waals surface area contributed by atoms with Crippen LogP contribution in [0.3, 0.4) is 0 Å². The lowest BCUT2D eigenvalue weighted by atomic mass is 10.1. The van der Waals surface area contributed by atoms with Crippen LogP contribution in [0.2, 0.25) is 0 Å². The smallest absolute Gasteiger partial charge is 0.0986 e. The molecule has 0 radical (unpaired) electrons. The molecule has 2 fully saturated rings. The van der Waals surface area contributed by atoms with Crippen LogP contribution in [0.4, 0.5) is 0 Å². The summed E-state index contributed by atoms with van der Waals surface area (Å²) in [7, 11) is 2.13. The Morgan fingerprint density at radius 2 is 2.30 bits per heavy atom. The second kappa shape index (κ2) is 2.49. The van der Waals surface area contributed by atoms with Crippen LogP contribution in [0.25, 0.3) is 0 Å². The van der Waals surface area contributed by atoms with Gasteiger partial charge in [0.25, 0.3) is 0 Å². The van der Waals surface area contributed by atoms with Crippen molar-refractivity contribution in [2.24, 2.45) is 0 Å². The fourth-order valence-electron chi connectivity index (χ4n) is 1.61. The normalized spacial score (nSPS) is 41.7. The molecule has 2 aliphatic heterocycles. The van der Waals surface area contributed by atoms with Gasteiger partial charge in [-0.25, -0.2) is 0 Å². The molecule has 0 N–H and O–H groups in total. The number of fused-ring (bicyclic) bond motifs is 1. The SMILES string of the molecule is CN1CCOC2COCC21. The van der Waals surface area contributed by atoms with Gasteiger partial charge >= 0.3 is 0 Å². The highest BCUT2D eigenvalue weighted by Crippen LogP contribution is 2.18. The van der Waals surface area contributed by atoms with Crippen molar-refractivity contribution in [2.45, 2.75) is 12.1 Å². The maximum absolute atomic E-state index is 5.51. The van der Waals surface area contributed by atoms with E-state index >= 15 is 0 Å². The van der Waals surface area contributed by atoms with Crippen LogP contribution in [-0.2, 0) is 9.47 Å². The highest BCUT2D eigenvalue weighted by Gasteiger charge is 2.34. The number of rotatable bonds is 0. The fourth-order valence-corrected chi connectivity index (χ4v) is 1.61. The summed E-state index contributed by atoms with van der Waals surface area (Å²) in [5.41, 5.74) is 0. The van der Waals surface area contributed by atoms with E-state index in [1.807, 2.05) is 0 Å². The molecule has 2 rings (SSSR count). The predicted molar refractivity (Wildman–Crippen MR) is 37.0 cm³/mol. The van der Waals surface area contributed by atoms with Crippen molar-refractivity contribution in [3.8, 4) is 0 Å². The van der Waals surface area contributed by atoms with Gasteiger partial charge in [0.1, 0.15) is 0 Å². The lowest BCUT2D eigenvalue weighted by molar-refractivity contribution is -0.0382. The molecule has 0 aliphatic carbocycles. The van der Waals surface area contributed by atoms with Crippen LogP contribution in [0.15, 0.2) is 0 Å².